The van der Waals surface area contributed by atoms with Crippen LogP contribution >= 0.6 is 12.2 Å². The van der Waals surface area contributed by atoms with Crippen LogP contribution in [-0.2, 0) is 17.3 Å². The average Bonchev–Trinajstić information content (AvgIpc) is 2.72. The third kappa shape index (κ3) is 2.73. The maximum Gasteiger partial charge on any atom is 0.195 e. The van der Waals surface area contributed by atoms with E-state index in [1.54, 1.807) is 12.5 Å². The van der Waals surface area contributed by atoms with Crippen LogP contribution < -0.4 is 0 Å². The van der Waals surface area contributed by atoms with E-state index >= 15 is 0 Å². The van der Waals surface area contributed by atoms with Crippen molar-refractivity contribution in [2.24, 2.45) is 0 Å². The molecule has 2 aromatic heterocycles. The fourth-order valence-corrected chi connectivity index (χ4v) is 2.11. The third-order valence-corrected chi connectivity index (χ3v) is 4.25. The summed E-state index contributed by atoms with van der Waals surface area (Å²) in [6.07, 6.45) is 3.40. The van der Waals surface area contributed by atoms with Gasteiger partial charge in [0.2, 0.25) is 0 Å². The molecular formula is C11H14N4OS2. The quantitative estimate of drug-likeness (QED) is 0.868. The number of rotatable bonds is 4. The second-order valence-corrected chi connectivity index (χ2v) is 6.18. The molecule has 0 aliphatic carbocycles. The molecule has 0 amide bonds. The van der Waals surface area contributed by atoms with Gasteiger partial charge in [-0.2, -0.15) is 5.10 Å². The fraction of sp³-hybridized carbons (Fsp3) is 0.364. The molecule has 0 saturated heterocycles. The SMILES string of the molecule is CC(Cn1c(-c2ccccn2)n[nH]c1=S)S(C)=O. The summed E-state index contributed by atoms with van der Waals surface area (Å²) in [5.74, 6) is 0.679. The molecule has 2 atom stereocenters. The topological polar surface area (TPSA) is 63.6 Å². The number of aromatic nitrogens is 4. The van der Waals surface area contributed by atoms with Crippen LogP contribution in [0.1, 0.15) is 6.92 Å². The van der Waals surface area contributed by atoms with Crippen molar-refractivity contribution in [3.05, 3.63) is 29.2 Å². The number of pyridine rings is 1. The van der Waals surface area contributed by atoms with Crippen LogP contribution in [0, 0.1) is 4.77 Å². The summed E-state index contributed by atoms with van der Waals surface area (Å²) in [7, 11) is -0.897. The standard InChI is InChI=1S/C11H14N4OS2/c1-8(18(2)16)7-15-10(13-14-11(15)17)9-5-3-4-6-12-9/h3-6,8H,7H2,1-2H3,(H,14,17). The first-order chi connectivity index (χ1) is 8.59. The van der Waals surface area contributed by atoms with Gasteiger partial charge in [-0.3, -0.25) is 18.9 Å². The predicted molar refractivity (Wildman–Crippen MR) is 74.2 cm³/mol. The third-order valence-electron chi connectivity index (χ3n) is 2.66. The zero-order valence-corrected chi connectivity index (χ0v) is 11.8. The smallest absolute Gasteiger partial charge is 0.195 e. The Labute approximate surface area is 113 Å². The number of H-pyrrole nitrogens is 1. The largest absolute Gasteiger partial charge is 0.298 e. The van der Waals surface area contributed by atoms with Gasteiger partial charge in [0.05, 0.1) is 0 Å². The minimum absolute atomic E-state index is 0.0109. The molecule has 2 heterocycles. The van der Waals surface area contributed by atoms with Crippen LogP contribution in [0.4, 0.5) is 0 Å². The number of hydrogen-bond donors (Lipinski definition) is 1. The molecule has 7 heteroatoms. The summed E-state index contributed by atoms with van der Waals surface area (Å²) in [6, 6.07) is 5.61. The number of nitrogens with one attached hydrogen (secondary N) is 1. The maximum atomic E-state index is 11.4. The van der Waals surface area contributed by atoms with E-state index in [4.69, 9.17) is 12.2 Å². The van der Waals surface area contributed by atoms with Crippen molar-refractivity contribution >= 4 is 23.0 Å². The number of hydrogen-bond acceptors (Lipinski definition) is 4. The molecule has 0 radical (unpaired) electrons. The first-order valence-corrected chi connectivity index (χ1v) is 7.51. The minimum atomic E-state index is -0.897. The van der Waals surface area contributed by atoms with E-state index in [0.717, 1.165) is 5.69 Å². The summed E-state index contributed by atoms with van der Waals surface area (Å²) in [5, 5.41) is 6.95. The average molecular weight is 282 g/mol. The lowest BCUT2D eigenvalue weighted by Crippen LogP contribution is -2.18. The Bertz CT molecular complexity index is 605. The summed E-state index contributed by atoms with van der Waals surface area (Å²) >= 11 is 5.20. The molecule has 2 aromatic rings. The molecule has 5 nitrogen and oxygen atoms in total. The minimum Gasteiger partial charge on any atom is -0.298 e. The highest BCUT2D eigenvalue weighted by molar-refractivity contribution is 7.84. The van der Waals surface area contributed by atoms with E-state index < -0.39 is 10.8 Å². The van der Waals surface area contributed by atoms with Crippen molar-refractivity contribution in [1.82, 2.24) is 19.7 Å². The Morgan fingerprint density at radius 1 is 1.56 bits per heavy atom. The van der Waals surface area contributed by atoms with Gasteiger partial charge in [0, 0.05) is 35.0 Å². The van der Waals surface area contributed by atoms with Crippen LogP contribution in [0.25, 0.3) is 11.5 Å². The van der Waals surface area contributed by atoms with Crippen molar-refractivity contribution in [3.63, 3.8) is 0 Å². The van der Waals surface area contributed by atoms with Gasteiger partial charge in [0.25, 0.3) is 0 Å². The van der Waals surface area contributed by atoms with E-state index in [1.807, 2.05) is 29.7 Å². The van der Waals surface area contributed by atoms with Crippen LogP contribution in [0.2, 0.25) is 0 Å². The lowest BCUT2D eigenvalue weighted by atomic mass is 10.3. The molecule has 1 N–H and O–H groups in total. The number of aromatic amines is 1. The van der Waals surface area contributed by atoms with E-state index in [1.165, 1.54) is 0 Å². The summed E-state index contributed by atoms with van der Waals surface area (Å²) in [4.78, 5) is 4.25. The summed E-state index contributed by atoms with van der Waals surface area (Å²) in [6.45, 7) is 2.48. The lowest BCUT2D eigenvalue weighted by Gasteiger charge is -2.10. The van der Waals surface area contributed by atoms with Crippen molar-refractivity contribution in [2.45, 2.75) is 18.7 Å². The Morgan fingerprint density at radius 3 is 2.94 bits per heavy atom. The van der Waals surface area contributed by atoms with Gasteiger partial charge < -0.3 is 0 Å². The van der Waals surface area contributed by atoms with Crippen molar-refractivity contribution < 1.29 is 4.21 Å². The molecule has 0 aromatic carbocycles. The second kappa shape index (κ2) is 5.53. The highest BCUT2D eigenvalue weighted by Crippen LogP contribution is 2.15. The van der Waals surface area contributed by atoms with E-state index in [0.29, 0.717) is 17.1 Å². The zero-order chi connectivity index (χ0) is 13.1. The summed E-state index contributed by atoms with van der Waals surface area (Å²) < 4.78 is 13.8. The Balaban J connectivity index is 2.40. The normalized spacial score (nSPS) is 14.3. The van der Waals surface area contributed by atoms with Crippen LogP contribution in [0.15, 0.2) is 24.4 Å². The van der Waals surface area contributed by atoms with Gasteiger partial charge in [0.15, 0.2) is 10.6 Å². The van der Waals surface area contributed by atoms with Gasteiger partial charge in [-0.15, -0.1) is 0 Å². The van der Waals surface area contributed by atoms with Gasteiger partial charge >= 0.3 is 0 Å². The van der Waals surface area contributed by atoms with Gasteiger partial charge in [-0.05, 0) is 31.3 Å². The summed E-state index contributed by atoms with van der Waals surface area (Å²) in [5.41, 5.74) is 0.749. The van der Waals surface area contributed by atoms with Crippen molar-refractivity contribution in [1.29, 1.82) is 0 Å². The van der Waals surface area contributed by atoms with Crippen LogP contribution in [0.5, 0.6) is 0 Å². The molecule has 0 bridgehead atoms. The van der Waals surface area contributed by atoms with Gasteiger partial charge in [0.1, 0.15) is 5.69 Å². The molecule has 0 fully saturated rings. The molecule has 18 heavy (non-hydrogen) atoms. The second-order valence-electron chi connectivity index (χ2n) is 3.99. The first-order valence-electron chi connectivity index (χ1n) is 5.48. The molecule has 0 aliphatic heterocycles. The molecule has 0 aliphatic rings. The van der Waals surface area contributed by atoms with Gasteiger partial charge in [-0.1, -0.05) is 6.07 Å². The van der Waals surface area contributed by atoms with Gasteiger partial charge in [-0.25, -0.2) is 0 Å². The molecule has 0 spiro atoms. The molecular weight excluding hydrogens is 268 g/mol. The van der Waals surface area contributed by atoms with Crippen LogP contribution in [-0.4, -0.2) is 35.5 Å². The predicted octanol–water partition coefficient (Wildman–Crippen LogP) is 1.77. The Hall–Kier alpha value is -1.34. The highest BCUT2D eigenvalue weighted by atomic mass is 32.2. The Kier molecular flexibility index (Phi) is 4.03. The van der Waals surface area contributed by atoms with E-state index in [9.17, 15) is 4.21 Å². The Morgan fingerprint density at radius 2 is 2.33 bits per heavy atom. The van der Waals surface area contributed by atoms with Crippen LogP contribution in [0.3, 0.4) is 0 Å². The van der Waals surface area contributed by atoms with E-state index in [2.05, 4.69) is 15.2 Å². The van der Waals surface area contributed by atoms with Crippen molar-refractivity contribution in [3.8, 4) is 11.5 Å². The van der Waals surface area contributed by atoms with Crippen molar-refractivity contribution in [2.75, 3.05) is 6.26 Å². The monoisotopic (exact) mass is 282 g/mol. The lowest BCUT2D eigenvalue weighted by molar-refractivity contribution is 0.641. The van der Waals surface area contributed by atoms with E-state index in [-0.39, 0.29) is 5.25 Å². The highest BCUT2D eigenvalue weighted by Gasteiger charge is 2.14. The zero-order valence-electron chi connectivity index (χ0n) is 10.2. The molecule has 2 rings (SSSR count). The fourth-order valence-electron chi connectivity index (χ4n) is 1.54. The first kappa shape index (κ1) is 13.1. The number of nitrogens with zero attached hydrogens (tertiary/aromatic N) is 3. The maximum absolute atomic E-state index is 11.4. The molecule has 2 unspecified atom stereocenters. The molecule has 96 valence electrons. The molecule has 0 saturated carbocycles.